The van der Waals surface area contributed by atoms with Gasteiger partial charge in [-0.2, -0.15) is 0 Å². The summed E-state index contributed by atoms with van der Waals surface area (Å²) >= 11 is 0. The average Bonchev–Trinajstić information content (AvgIpc) is 2.60. The Kier molecular flexibility index (Phi) is 3.71. The van der Waals surface area contributed by atoms with E-state index in [1.807, 2.05) is 54.6 Å². The number of nitrogens with one attached hydrogen (secondary N) is 1. The fourth-order valence-electron chi connectivity index (χ4n) is 2.53. The average molecular weight is 289 g/mol. The zero-order valence-corrected chi connectivity index (χ0v) is 12.2. The van der Waals surface area contributed by atoms with Crippen LogP contribution in [-0.2, 0) is 4.79 Å². The highest BCUT2D eigenvalue weighted by molar-refractivity contribution is 6.43. The van der Waals surface area contributed by atoms with E-state index in [-0.39, 0.29) is 0 Å². The topological polar surface area (TPSA) is 46.2 Å². The summed E-state index contributed by atoms with van der Waals surface area (Å²) in [5, 5.41) is 4.62. The van der Waals surface area contributed by atoms with Crippen molar-refractivity contribution < 1.29 is 9.59 Å². The third-order valence-corrected chi connectivity index (χ3v) is 3.67. The Bertz CT molecular complexity index is 868. The molecule has 22 heavy (non-hydrogen) atoms. The molecule has 0 spiro atoms. The molecule has 0 aliphatic carbocycles. The minimum Gasteiger partial charge on any atom is -0.352 e. The molecule has 0 saturated heterocycles. The SMILES string of the molecule is CNC(=O)C(=O)c1ccccc1-c1ccc2ccccc2c1. The zero-order chi connectivity index (χ0) is 15.5. The van der Waals surface area contributed by atoms with E-state index in [1.54, 1.807) is 12.1 Å². The van der Waals surface area contributed by atoms with Crippen molar-refractivity contribution in [3.05, 3.63) is 72.3 Å². The second-order valence-electron chi connectivity index (χ2n) is 5.02. The number of carbonyl (C=O) groups excluding carboxylic acids is 2. The van der Waals surface area contributed by atoms with Crippen LogP contribution in [0.4, 0.5) is 0 Å². The molecule has 0 fully saturated rings. The van der Waals surface area contributed by atoms with Crippen LogP contribution in [0.2, 0.25) is 0 Å². The molecule has 3 nitrogen and oxygen atoms in total. The Labute approximate surface area is 128 Å². The van der Waals surface area contributed by atoms with Crippen molar-refractivity contribution in [3.63, 3.8) is 0 Å². The highest BCUT2D eigenvalue weighted by Gasteiger charge is 2.18. The quantitative estimate of drug-likeness (QED) is 0.593. The molecule has 0 bridgehead atoms. The van der Waals surface area contributed by atoms with E-state index in [1.165, 1.54) is 7.05 Å². The number of ketones is 1. The lowest BCUT2D eigenvalue weighted by Gasteiger charge is -2.09. The molecule has 3 aromatic carbocycles. The van der Waals surface area contributed by atoms with Crippen molar-refractivity contribution >= 4 is 22.5 Å². The number of hydrogen-bond acceptors (Lipinski definition) is 2. The number of hydrogen-bond donors (Lipinski definition) is 1. The number of carbonyl (C=O) groups is 2. The number of fused-ring (bicyclic) bond motifs is 1. The van der Waals surface area contributed by atoms with Gasteiger partial charge >= 0.3 is 0 Å². The number of benzene rings is 3. The van der Waals surface area contributed by atoms with Gasteiger partial charge in [0.05, 0.1) is 0 Å². The van der Waals surface area contributed by atoms with Crippen LogP contribution >= 0.6 is 0 Å². The van der Waals surface area contributed by atoms with Crippen LogP contribution < -0.4 is 5.32 Å². The largest absolute Gasteiger partial charge is 0.352 e. The Hall–Kier alpha value is -2.94. The number of likely N-dealkylation sites (N-methyl/N-ethyl adjacent to an activating group) is 1. The molecule has 3 rings (SSSR count). The van der Waals surface area contributed by atoms with Crippen molar-refractivity contribution in [2.24, 2.45) is 0 Å². The molecule has 0 saturated carbocycles. The van der Waals surface area contributed by atoms with Crippen LogP contribution in [0.5, 0.6) is 0 Å². The van der Waals surface area contributed by atoms with Gasteiger partial charge in [0, 0.05) is 12.6 Å². The van der Waals surface area contributed by atoms with Gasteiger partial charge in [-0.1, -0.05) is 60.7 Å². The second-order valence-corrected chi connectivity index (χ2v) is 5.02. The maximum Gasteiger partial charge on any atom is 0.292 e. The summed E-state index contributed by atoms with van der Waals surface area (Å²) in [7, 11) is 1.46. The highest BCUT2D eigenvalue weighted by Crippen LogP contribution is 2.27. The third kappa shape index (κ3) is 2.49. The lowest BCUT2D eigenvalue weighted by atomic mass is 9.95. The molecular weight excluding hydrogens is 274 g/mol. The predicted molar refractivity (Wildman–Crippen MR) is 87.8 cm³/mol. The van der Waals surface area contributed by atoms with E-state index in [9.17, 15) is 9.59 Å². The van der Waals surface area contributed by atoms with Crippen LogP contribution in [0, 0.1) is 0 Å². The molecule has 3 aromatic rings. The number of amides is 1. The first-order valence-electron chi connectivity index (χ1n) is 7.05. The van der Waals surface area contributed by atoms with Crippen molar-refractivity contribution in [3.8, 4) is 11.1 Å². The molecule has 0 aliphatic heterocycles. The molecule has 0 radical (unpaired) electrons. The third-order valence-electron chi connectivity index (χ3n) is 3.67. The lowest BCUT2D eigenvalue weighted by molar-refractivity contribution is -0.116. The minimum atomic E-state index is -0.603. The van der Waals surface area contributed by atoms with E-state index in [0.29, 0.717) is 5.56 Å². The summed E-state index contributed by atoms with van der Waals surface area (Å²) in [6.07, 6.45) is 0. The van der Waals surface area contributed by atoms with Gasteiger partial charge in [0.15, 0.2) is 0 Å². The monoisotopic (exact) mass is 289 g/mol. The van der Waals surface area contributed by atoms with E-state index in [4.69, 9.17) is 0 Å². The van der Waals surface area contributed by atoms with Gasteiger partial charge in [-0.3, -0.25) is 9.59 Å². The van der Waals surface area contributed by atoms with Gasteiger partial charge in [0.2, 0.25) is 0 Å². The van der Waals surface area contributed by atoms with Gasteiger partial charge < -0.3 is 5.32 Å². The molecule has 1 amide bonds. The first kappa shape index (κ1) is 14.0. The minimum absolute atomic E-state index is 0.414. The standard InChI is InChI=1S/C19H15NO2/c1-20-19(22)18(21)17-9-5-4-8-16(17)15-11-10-13-6-2-3-7-14(13)12-15/h2-12H,1H3,(H,20,22). The van der Waals surface area contributed by atoms with Crippen LogP contribution in [-0.4, -0.2) is 18.7 Å². The predicted octanol–water partition coefficient (Wildman–Crippen LogP) is 3.44. The summed E-state index contributed by atoms with van der Waals surface area (Å²) in [6, 6.07) is 21.2. The van der Waals surface area contributed by atoms with E-state index >= 15 is 0 Å². The van der Waals surface area contributed by atoms with Crippen LogP contribution in [0.1, 0.15) is 10.4 Å². The summed E-state index contributed by atoms with van der Waals surface area (Å²) in [4.78, 5) is 23.9. The van der Waals surface area contributed by atoms with E-state index < -0.39 is 11.7 Å². The molecule has 0 unspecified atom stereocenters. The normalized spacial score (nSPS) is 10.4. The Morgan fingerprint density at radius 2 is 1.50 bits per heavy atom. The van der Waals surface area contributed by atoms with Crippen LogP contribution in [0.3, 0.4) is 0 Å². The van der Waals surface area contributed by atoms with Gasteiger partial charge in [-0.25, -0.2) is 0 Å². The van der Waals surface area contributed by atoms with Crippen molar-refractivity contribution in [1.82, 2.24) is 5.32 Å². The van der Waals surface area contributed by atoms with Gasteiger partial charge in [0.25, 0.3) is 11.7 Å². The van der Waals surface area contributed by atoms with E-state index in [2.05, 4.69) is 5.32 Å². The molecule has 108 valence electrons. The van der Waals surface area contributed by atoms with Gasteiger partial charge in [-0.05, 0) is 28.0 Å². The number of rotatable bonds is 3. The fourth-order valence-corrected chi connectivity index (χ4v) is 2.53. The summed E-state index contributed by atoms with van der Waals surface area (Å²) in [6.45, 7) is 0. The second kappa shape index (κ2) is 5.82. The lowest BCUT2D eigenvalue weighted by Crippen LogP contribution is -2.27. The first-order chi connectivity index (χ1) is 10.7. The molecular formula is C19H15NO2. The summed E-state index contributed by atoms with van der Waals surface area (Å²) in [5.74, 6) is -1.13. The molecule has 3 heteroatoms. The smallest absolute Gasteiger partial charge is 0.292 e. The summed E-state index contributed by atoms with van der Waals surface area (Å²) < 4.78 is 0. The van der Waals surface area contributed by atoms with Crippen molar-refractivity contribution in [1.29, 1.82) is 0 Å². The van der Waals surface area contributed by atoms with Crippen molar-refractivity contribution in [2.75, 3.05) is 7.05 Å². The van der Waals surface area contributed by atoms with E-state index in [0.717, 1.165) is 21.9 Å². The Morgan fingerprint density at radius 3 is 2.27 bits per heavy atom. The zero-order valence-electron chi connectivity index (χ0n) is 12.2. The highest BCUT2D eigenvalue weighted by atomic mass is 16.2. The molecule has 0 atom stereocenters. The first-order valence-corrected chi connectivity index (χ1v) is 7.05. The Balaban J connectivity index is 2.14. The van der Waals surface area contributed by atoms with Crippen molar-refractivity contribution in [2.45, 2.75) is 0 Å². The Morgan fingerprint density at radius 1 is 0.818 bits per heavy atom. The fraction of sp³-hybridized carbons (Fsp3) is 0.0526. The van der Waals surface area contributed by atoms with Gasteiger partial charge in [-0.15, -0.1) is 0 Å². The molecule has 0 aliphatic rings. The maximum absolute atomic E-state index is 12.2. The molecule has 1 N–H and O–H groups in total. The summed E-state index contributed by atoms with van der Waals surface area (Å²) in [5.41, 5.74) is 2.10. The number of Topliss-reactive ketones (excluding diaryl/α,β-unsaturated/α-hetero) is 1. The molecule has 0 heterocycles. The molecule has 0 aromatic heterocycles. The van der Waals surface area contributed by atoms with Gasteiger partial charge in [0.1, 0.15) is 0 Å². The maximum atomic E-state index is 12.2. The van der Waals surface area contributed by atoms with Crippen LogP contribution in [0.25, 0.3) is 21.9 Å². The van der Waals surface area contributed by atoms with Crippen LogP contribution in [0.15, 0.2) is 66.7 Å².